The van der Waals surface area contributed by atoms with Crippen molar-refractivity contribution in [1.29, 1.82) is 0 Å². The molecular formula is C10H14O2S. The maximum absolute atomic E-state index is 9.23. The molecule has 2 nitrogen and oxygen atoms in total. The van der Waals surface area contributed by atoms with Crippen LogP contribution in [0.1, 0.15) is 13.8 Å². The normalized spacial score (nSPS) is 10.5. The van der Waals surface area contributed by atoms with Gasteiger partial charge in [-0.05, 0) is 38.3 Å². The molecule has 0 unspecified atom stereocenters. The maximum Gasteiger partial charge on any atom is 0.133 e. The summed E-state index contributed by atoms with van der Waals surface area (Å²) in [4.78, 5) is 0.966. The molecule has 1 aromatic carbocycles. The van der Waals surface area contributed by atoms with Gasteiger partial charge in [-0.2, -0.15) is 0 Å². The van der Waals surface area contributed by atoms with Gasteiger partial charge in [0.05, 0.1) is 11.0 Å². The summed E-state index contributed by atoms with van der Waals surface area (Å²) < 4.78 is 5.56. The summed E-state index contributed by atoms with van der Waals surface area (Å²) in [6.07, 6.45) is 2.12. The number of aromatic hydroxyl groups is 1. The highest BCUT2D eigenvalue weighted by Gasteiger charge is 2.05. The summed E-state index contributed by atoms with van der Waals surface area (Å²) in [5, 5.41) is 9.23. The summed E-state index contributed by atoms with van der Waals surface area (Å²) in [6.45, 7) is 3.97. The van der Waals surface area contributed by atoms with Crippen LogP contribution in [-0.2, 0) is 0 Å². The van der Waals surface area contributed by atoms with Gasteiger partial charge < -0.3 is 9.84 Å². The van der Waals surface area contributed by atoms with Gasteiger partial charge >= 0.3 is 0 Å². The van der Waals surface area contributed by atoms with E-state index in [1.807, 2.05) is 20.1 Å². The molecular weight excluding hydrogens is 184 g/mol. The van der Waals surface area contributed by atoms with Crippen LogP contribution in [0, 0.1) is 0 Å². The lowest BCUT2D eigenvalue weighted by atomic mass is 10.3. The number of phenolic OH excluding ortho intramolecular Hbond substituents is 1. The largest absolute Gasteiger partial charge is 0.508 e. The number of benzene rings is 1. The Kier molecular flexibility index (Phi) is 3.48. The molecule has 0 aliphatic carbocycles. The third kappa shape index (κ3) is 2.84. The van der Waals surface area contributed by atoms with Gasteiger partial charge in [-0.3, -0.25) is 0 Å². The third-order valence-electron chi connectivity index (χ3n) is 1.51. The van der Waals surface area contributed by atoms with Crippen molar-refractivity contribution < 1.29 is 9.84 Å². The van der Waals surface area contributed by atoms with E-state index in [1.54, 1.807) is 30.0 Å². The fraction of sp³-hybridized carbons (Fsp3) is 0.400. The quantitative estimate of drug-likeness (QED) is 0.757. The first-order chi connectivity index (χ1) is 6.13. The number of thioether (sulfide) groups is 1. The van der Waals surface area contributed by atoms with Crippen LogP contribution in [-0.4, -0.2) is 17.5 Å². The molecule has 0 amide bonds. The van der Waals surface area contributed by atoms with Crippen LogP contribution >= 0.6 is 11.8 Å². The number of hydrogen-bond acceptors (Lipinski definition) is 3. The Morgan fingerprint density at radius 2 is 2.08 bits per heavy atom. The van der Waals surface area contributed by atoms with Gasteiger partial charge in [-0.15, -0.1) is 11.8 Å². The second-order valence-corrected chi connectivity index (χ2v) is 3.85. The summed E-state index contributed by atoms with van der Waals surface area (Å²) in [6, 6.07) is 5.14. The summed E-state index contributed by atoms with van der Waals surface area (Å²) in [7, 11) is 0. The highest BCUT2D eigenvalue weighted by Crippen LogP contribution is 2.31. The van der Waals surface area contributed by atoms with Crippen LogP contribution in [0.4, 0.5) is 0 Å². The Labute approximate surface area is 82.9 Å². The first kappa shape index (κ1) is 10.3. The predicted molar refractivity (Wildman–Crippen MR) is 55.7 cm³/mol. The van der Waals surface area contributed by atoms with Crippen molar-refractivity contribution in [3.8, 4) is 11.5 Å². The third-order valence-corrected chi connectivity index (χ3v) is 2.27. The Balaban J connectivity index is 2.92. The smallest absolute Gasteiger partial charge is 0.133 e. The highest BCUT2D eigenvalue weighted by atomic mass is 32.2. The van der Waals surface area contributed by atoms with E-state index in [4.69, 9.17) is 4.74 Å². The first-order valence-electron chi connectivity index (χ1n) is 4.17. The van der Waals surface area contributed by atoms with Gasteiger partial charge in [0.25, 0.3) is 0 Å². The standard InChI is InChI=1S/C10H14O2S/c1-7(2)12-9-5-4-8(11)6-10(9)13-3/h4-7,11H,1-3H3. The van der Waals surface area contributed by atoms with E-state index in [0.29, 0.717) is 0 Å². The van der Waals surface area contributed by atoms with Crippen LogP contribution < -0.4 is 4.74 Å². The maximum atomic E-state index is 9.23. The Morgan fingerprint density at radius 3 is 2.62 bits per heavy atom. The molecule has 0 atom stereocenters. The lowest BCUT2D eigenvalue weighted by molar-refractivity contribution is 0.236. The average Bonchev–Trinajstić information content (AvgIpc) is 2.07. The Bertz CT molecular complexity index is 284. The minimum atomic E-state index is 0.162. The predicted octanol–water partition coefficient (Wildman–Crippen LogP) is 2.90. The lowest BCUT2D eigenvalue weighted by Crippen LogP contribution is -2.06. The molecule has 1 N–H and O–H groups in total. The number of phenols is 1. The summed E-state index contributed by atoms with van der Waals surface area (Å²) in [5.74, 6) is 1.11. The molecule has 0 aliphatic heterocycles. The number of ether oxygens (including phenoxy) is 1. The van der Waals surface area contributed by atoms with E-state index >= 15 is 0 Å². The monoisotopic (exact) mass is 198 g/mol. The molecule has 72 valence electrons. The minimum Gasteiger partial charge on any atom is -0.508 e. The Hall–Kier alpha value is -0.830. The second-order valence-electron chi connectivity index (χ2n) is 3.00. The van der Waals surface area contributed by atoms with Crippen molar-refractivity contribution in [3.63, 3.8) is 0 Å². The van der Waals surface area contributed by atoms with E-state index in [9.17, 15) is 5.11 Å². The highest BCUT2D eigenvalue weighted by molar-refractivity contribution is 7.98. The SMILES string of the molecule is CSc1cc(O)ccc1OC(C)C. The molecule has 0 aliphatic rings. The second kappa shape index (κ2) is 4.42. The average molecular weight is 198 g/mol. The minimum absolute atomic E-state index is 0.162. The van der Waals surface area contributed by atoms with Crippen LogP contribution in [0.2, 0.25) is 0 Å². The summed E-state index contributed by atoms with van der Waals surface area (Å²) >= 11 is 1.57. The van der Waals surface area contributed by atoms with Gasteiger partial charge in [0.1, 0.15) is 11.5 Å². The van der Waals surface area contributed by atoms with Crippen LogP contribution in [0.5, 0.6) is 11.5 Å². The lowest BCUT2D eigenvalue weighted by Gasteiger charge is -2.12. The van der Waals surface area contributed by atoms with Crippen LogP contribution in [0.15, 0.2) is 23.1 Å². The molecule has 0 radical (unpaired) electrons. The van der Waals surface area contributed by atoms with Crippen LogP contribution in [0.25, 0.3) is 0 Å². The van der Waals surface area contributed by atoms with Crippen molar-refractivity contribution in [3.05, 3.63) is 18.2 Å². The van der Waals surface area contributed by atoms with E-state index in [1.165, 1.54) is 0 Å². The fourth-order valence-corrected chi connectivity index (χ4v) is 1.56. The van der Waals surface area contributed by atoms with Gasteiger partial charge in [-0.25, -0.2) is 0 Å². The molecule has 1 aromatic rings. The van der Waals surface area contributed by atoms with Gasteiger partial charge in [0.15, 0.2) is 0 Å². The molecule has 0 saturated heterocycles. The van der Waals surface area contributed by atoms with Crippen LogP contribution in [0.3, 0.4) is 0 Å². The van der Waals surface area contributed by atoms with Crippen molar-refractivity contribution in [2.24, 2.45) is 0 Å². The molecule has 0 fully saturated rings. The zero-order valence-corrected chi connectivity index (χ0v) is 8.89. The molecule has 0 spiro atoms. The fourth-order valence-electron chi connectivity index (χ4n) is 1.01. The van der Waals surface area contributed by atoms with Gasteiger partial charge in [-0.1, -0.05) is 0 Å². The van der Waals surface area contributed by atoms with Crippen molar-refractivity contribution in [1.82, 2.24) is 0 Å². The van der Waals surface area contributed by atoms with Gasteiger partial charge in [0.2, 0.25) is 0 Å². The van der Waals surface area contributed by atoms with Gasteiger partial charge in [0, 0.05) is 0 Å². The van der Waals surface area contributed by atoms with Crippen molar-refractivity contribution in [2.45, 2.75) is 24.8 Å². The number of hydrogen-bond donors (Lipinski definition) is 1. The van der Waals surface area contributed by atoms with Crippen molar-refractivity contribution in [2.75, 3.05) is 6.26 Å². The Morgan fingerprint density at radius 1 is 1.38 bits per heavy atom. The van der Waals surface area contributed by atoms with E-state index in [0.717, 1.165) is 10.6 Å². The van der Waals surface area contributed by atoms with E-state index < -0.39 is 0 Å². The molecule has 13 heavy (non-hydrogen) atoms. The number of rotatable bonds is 3. The molecule has 1 rings (SSSR count). The molecule has 0 aromatic heterocycles. The first-order valence-corrected chi connectivity index (χ1v) is 5.39. The zero-order chi connectivity index (χ0) is 9.84. The topological polar surface area (TPSA) is 29.5 Å². The van der Waals surface area contributed by atoms with E-state index in [2.05, 4.69) is 0 Å². The zero-order valence-electron chi connectivity index (χ0n) is 8.07. The molecule has 3 heteroatoms. The summed E-state index contributed by atoms with van der Waals surface area (Å²) in [5.41, 5.74) is 0. The molecule has 0 heterocycles. The molecule has 0 saturated carbocycles. The van der Waals surface area contributed by atoms with Crippen molar-refractivity contribution >= 4 is 11.8 Å². The molecule has 0 bridgehead atoms. The van der Waals surface area contributed by atoms with E-state index in [-0.39, 0.29) is 11.9 Å².